The van der Waals surface area contributed by atoms with E-state index in [1.807, 2.05) is 35.2 Å². The van der Waals surface area contributed by atoms with E-state index in [0.29, 0.717) is 48.1 Å². The van der Waals surface area contributed by atoms with Crippen LogP contribution < -0.4 is 4.90 Å². The molecule has 7 nitrogen and oxygen atoms in total. The first kappa shape index (κ1) is 26.7. The smallest absolute Gasteiger partial charge is 0.254 e. The van der Waals surface area contributed by atoms with E-state index in [2.05, 4.69) is 28.1 Å². The van der Waals surface area contributed by atoms with Gasteiger partial charge in [-0.15, -0.1) is 0 Å². The van der Waals surface area contributed by atoms with Crippen LogP contribution in [0.1, 0.15) is 47.2 Å². The summed E-state index contributed by atoms with van der Waals surface area (Å²) in [6.07, 6.45) is 5.66. The van der Waals surface area contributed by atoms with Crippen LogP contribution in [-0.2, 0) is 10.2 Å². The van der Waals surface area contributed by atoms with Crippen molar-refractivity contribution in [3.8, 4) is 17.2 Å². The number of rotatable bonds is 5. The number of carbonyl (C=O) groups is 2. The molecular weight excluding hydrogens is 510 g/mol. The Bertz CT molecular complexity index is 1420. The second-order valence-electron chi connectivity index (χ2n) is 10.5. The predicted molar refractivity (Wildman–Crippen MR) is 153 cm³/mol. The molecule has 2 aliphatic rings. The SMILES string of the molecule is CN(C)C(=O)c1ccc(-c2cnc(N3CCN(C(=O)C4(c5ccccc5)CCCC4)CC3)c(C#N)c2)cc1Cl. The molecule has 8 heteroatoms. The lowest BCUT2D eigenvalue weighted by Crippen LogP contribution is -2.54. The Morgan fingerprint density at radius 3 is 2.28 bits per heavy atom. The van der Waals surface area contributed by atoms with Crippen LogP contribution in [0.25, 0.3) is 11.1 Å². The van der Waals surface area contributed by atoms with Crippen LogP contribution in [0, 0.1) is 11.3 Å². The topological polar surface area (TPSA) is 80.5 Å². The molecule has 1 saturated heterocycles. The monoisotopic (exact) mass is 541 g/mol. The van der Waals surface area contributed by atoms with E-state index in [4.69, 9.17) is 11.6 Å². The number of hydrogen-bond acceptors (Lipinski definition) is 5. The summed E-state index contributed by atoms with van der Waals surface area (Å²) >= 11 is 6.41. The second kappa shape index (κ2) is 11.1. The number of carbonyl (C=O) groups excluding carboxylic acids is 2. The van der Waals surface area contributed by atoms with Crippen LogP contribution in [0.3, 0.4) is 0 Å². The van der Waals surface area contributed by atoms with Gasteiger partial charge in [-0.25, -0.2) is 4.98 Å². The maximum Gasteiger partial charge on any atom is 0.254 e. The molecule has 39 heavy (non-hydrogen) atoms. The highest BCUT2D eigenvalue weighted by molar-refractivity contribution is 6.34. The number of amides is 2. The molecule has 200 valence electrons. The van der Waals surface area contributed by atoms with Gasteiger partial charge in [0, 0.05) is 52.0 Å². The molecule has 1 saturated carbocycles. The number of hydrogen-bond donors (Lipinski definition) is 0. The zero-order valence-corrected chi connectivity index (χ0v) is 23.1. The summed E-state index contributed by atoms with van der Waals surface area (Å²) in [6.45, 7) is 2.42. The summed E-state index contributed by atoms with van der Waals surface area (Å²) in [5.74, 6) is 0.679. The number of halogens is 1. The van der Waals surface area contributed by atoms with Crippen molar-refractivity contribution < 1.29 is 9.59 Å². The van der Waals surface area contributed by atoms with Gasteiger partial charge < -0.3 is 14.7 Å². The Labute approximate surface area is 234 Å². The Balaban J connectivity index is 1.31. The molecule has 0 atom stereocenters. The van der Waals surface area contributed by atoms with Crippen LogP contribution in [0.5, 0.6) is 0 Å². The molecule has 1 aliphatic carbocycles. The normalized spacial score (nSPS) is 16.6. The molecule has 5 rings (SSSR count). The minimum Gasteiger partial charge on any atom is -0.352 e. The van der Waals surface area contributed by atoms with Crippen LogP contribution in [0.2, 0.25) is 5.02 Å². The summed E-state index contributed by atoms with van der Waals surface area (Å²) in [7, 11) is 3.36. The summed E-state index contributed by atoms with van der Waals surface area (Å²) in [5.41, 5.74) is 3.13. The lowest BCUT2D eigenvalue weighted by atomic mass is 9.77. The standard InChI is InChI=1S/C31H32ClN5O2/c1-35(2)29(38)26-11-10-22(19-27(26)32)24-18-23(20-33)28(34-21-24)36-14-16-37(17-15-36)30(39)31(12-6-7-13-31)25-8-4-3-5-9-25/h3-5,8-11,18-19,21H,6-7,12-17H2,1-2H3. The van der Waals surface area contributed by atoms with Crippen LogP contribution >= 0.6 is 11.6 Å². The number of nitriles is 1. The van der Waals surface area contributed by atoms with Crippen molar-refractivity contribution in [2.24, 2.45) is 0 Å². The highest BCUT2D eigenvalue weighted by atomic mass is 35.5. The second-order valence-corrected chi connectivity index (χ2v) is 10.9. The van der Waals surface area contributed by atoms with Gasteiger partial charge in [0.05, 0.1) is 21.6 Å². The molecular formula is C31H32ClN5O2. The van der Waals surface area contributed by atoms with Gasteiger partial charge in [0.1, 0.15) is 11.9 Å². The fourth-order valence-electron chi connectivity index (χ4n) is 5.84. The van der Waals surface area contributed by atoms with Gasteiger partial charge in [-0.3, -0.25) is 9.59 Å². The van der Waals surface area contributed by atoms with E-state index in [1.165, 1.54) is 4.90 Å². The minimum atomic E-state index is -0.422. The molecule has 2 aromatic carbocycles. The van der Waals surface area contributed by atoms with E-state index in [1.54, 1.807) is 32.4 Å². The van der Waals surface area contributed by atoms with E-state index in [9.17, 15) is 14.9 Å². The largest absolute Gasteiger partial charge is 0.352 e. The van der Waals surface area contributed by atoms with Gasteiger partial charge in [-0.2, -0.15) is 5.26 Å². The predicted octanol–water partition coefficient (Wildman–Crippen LogP) is 5.14. The van der Waals surface area contributed by atoms with Gasteiger partial charge in [-0.05, 0) is 42.2 Å². The van der Waals surface area contributed by atoms with Crippen molar-refractivity contribution in [1.82, 2.24) is 14.8 Å². The zero-order valence-electron chi connectivity index (χ0n) is 22.4. The maximum atomic E-state index is 13.8. The van der Waals surface area contributed by atoms with Crippen LogP contribution in [-0.4, -0.2) is 66.9 Å². The first-order valence-corrected chi connectivity index (χ1v) is 13.7. The number of nitrogens with zero attached hydrogens (tertiary/aromatic N) is 5. The molecule has 2 amide bonds. The molecule has 2 heterocycles. The minimum absolute atomic E-state index is 0.169. The summed E-state index contributed by atoms with van der Waals surface area (Å²) in [4.78, 5) is 36.4. The molecule has 1 aromatic heterocycles. The van der Waals surface area contributed by atoms with Gasteiger partial charge >= 0.3 is 0 Å². The molecule has 0 spiro atoms. The highest BCUT2D eigenvalue weighted by Gasteiger charge is 2.45. The molecule has 2 fully saturated rings. The lowest BCUT2D eigenvalue weighted by Gasteiger charge is -2.40. The number of pyridine rings is 1. The first-order chi connectivity index (χ1) is 18.8. The number of anilines is 1. The third-order valence-corrected chi connectivity index (χ3v) is 8.30. The zero-order chi connectivity index (χ0) is 27.6. The number of piperazine rings is 1. The van der Waals surface area contributed by atoms with Crippen molar-refractivity contribution in [3.63, 3.8) is 0 Å². The Hall–Kier alpha value is -3.89. The van der Waals surface area contributed by atoms with Crippen molar-refractivity contribution in [3.05, 3.63) is 82.5 Å². The van der Waals surface area contributed by atoms with Crippen molar-refractivity contribution in [1.29, 1.82) is 5.26 Å². The maximum absolute atomic E-state index is 13.8. The van der Waals surface area contributed by atoms with Crippen molar-refractivity contribution >= 4 is 29.2 Å². The summed E-state index contributed by atoms with van der Waals surface area (Å²) in [5, 5.41) is 10.3. The van der Waals surface area contributed by atoms with Crippen LogP contribution in [0.15, 0.2) is 60.8 Å². The fourth-order valence-corrected chi connectivity index (χ4v) is 6.11. The van der Waals surface area contributed by atoms with Gasteiger partial charge in [-0.1, -0.05) is 60.8 Å². The number of benzene rings is 2. The van der Waals surface area contributed by atoms with Crippen molar-refractivity contribution in [2.75, 3.05) is 45.2 Å². The van der Waals surface area contributed by atoms with Gasteiger partial charge in [0.25, 0.3) is 5.91 Å². The van der Waals surface area contributed by atoms with Crippen molar-refractivity contribution in [2.45, 2.75) is 31.1 Å². The van der Waals surface area contributed by atoms with E-state index < -0.39 is 5.41 Å². The quantitative estimate of drug-likeness (QED) is 0.447. The Morgan fingerprint density at radius 2 is 1.67 bits per heavy atom. The third-order valence-electron chi connectivity index (χ3n) is 7.99. The highest BCUT2D eigenvalue weighted by Crippen LogP contribution is 2.43. The third kappa shape index (κ3) is 5.09. The Kier molecular flexibility index (Phi) is 7.58. The molecule has 0 N–H and O–H groups in total. The first-order valence-electron chi connectivity index (χ1n) is 13.4. The van der Waals surface area contributed by atoms with E-state index in [0.717, 1.165) is 42.4 Å². The van der Waals surface area contributed by atoms with Gasteiger partial charge in [0.15, 0.2) is 0 Å². The fraction of sp³-hybridized carbons (Fsp3) is 0.355. The van der Waals surface area contributed by atoms with Crippen LogP contribution in [0.4, 0.5) is 5.82 Å². The summed E-state index contributed by atoms with van der Waals surface area (Å²) < 4.78 is 0. The molecule has 3 aromatic rings. The number of aromatic nitrogens is 1. The molecule has 0 unspecified atom stereocenters. The molecule has 0 radical (unpaired) electrons. The van der Waals surface area contributed by atoms with Gasteiger partial charge in [0.2, 0.25) is 5.91 Å². The molecule has 0 bridgehead atoms. The average molecular weight is 542 g/mol. The average Bonchev–Trinajstić information content (AvgIpc) is 3.48. The van der Waals surface area contributed by atoms with E-state index in [-0.39, 0.29) is 11.8 Å². The lowest BCUT2D eigenvalue weighted by molar-refractivity contribution is -0.137. The molecule has 1 aliphatic heterocycles. The summed E-state index contributed by atoms with van der Waals surface area (Å²) in [6, 6.07) is 19.5. The van der Waals surface area contributed by atoms with E-state index >= 15 is 0 Å². The Morgan fingerprint density at radius 1 is 0.974 bits per heavy atom.